The van der Waals surface area contributed by atoms with Gasteiger partial charge in [-0.3, -0.25) is 4.40 Å². The highest BCUT2D eigenvalue weighted by molar-refractivity contribution is 5.65. The number of fused-ring (bicyclic) bond motifs is 1. The molecule has 0 aliphatic heterocycles. The smallest absolute Gasteiger partial charge is 0.234 e. The third kappa shape index (κ3) is 1.73. The van der Waals surface area contributed by atoms with Crippen molar-refractivity contribution >= 4 is 11.5 Å². The zero-order valence-electron chi connectivity index (χ0n) is 9.46. The van der Waals surface area contributed by atoms with Gasteiger partial charge in [-0.15, -0.1) is 0 Å². The van der Waals surface area contributed by atoms with Crippen LogP contribution in [0, 0.1) is 6.92 Å². The zero-order chi connectivity index (χ0) is 11.8. The standard InChI is InChI=1S/C13H12N4/c1-9-5-6-17-8-12(16-13(17)15-9)10-3-2-4-11(14)7-10/h2-8H,14H2,1H3. The molecule has 2 aromatic heterocycles. The first kappa shape index (κ1) is 9.84. The van der Waals surface area contributed by atoms with Crippen LogP contribution in [0.5, 0.6) is 0 Å². The Kier molecular flexibility index (Phi) is 2.08. The molecule has 0 spiro atoms. The molecule has 0 radical (unpaired) electrons. The molecular weight excluding hydrogens is 212 g/mol. The van der Waals surface area contributed by atoms with Crippen molar-refractivity contribution in [1.29, 1.82) is 0 Å². The molecule has 0 unspecified atom stereocenters. The van der Waals surface area contributed by atoms with Crippen molar-refractivity contribution in [2.75, 3.05) is 5.73 Å². The molecule has 2 heterocycles. The van der Waals surface area contributed by atoms with Gasteiger partial charge >= 0.3 is 0 Å². The molecule has 0 bridgehead atoms. The average molecular weight is 224 g/mol. The topological polar surface area (TPSA) is 56.2 Å². The molecule has 84 valence electrons. The number of nitrogens with two attached hydrogens (primary N) is 1. The molecule has 0 amide bonds. The minimum atomic E-state index is 0.711. The van der Waals surface area contributed by atoms with Gasteiger partial charge in [-0.2, -0.15) is 0 Å². The Balaban J connectivity index is 2.18. The van der Waals surface area contributed by atoms with Crippen molar-refractivity contribution in [2.45, 2.75) is 6.92 Å². The van der Waals surface area contributed by atoms with E-state index in [0.717, 1.165) is 22.6 Å². The van der Waals surface area contributed by atoms with E-state index in [4.69, 9.17) is 5.73 Å². The lowest BCUT2D eigenvalue weighted by atomic mass is 10.1. The van der Waals surface area contributed by atoms with E-state index in [0.29, 0.717) is 5.78 Å². The Bertz CT molecular complexity index is 685. The van der Waals surface area contributed by atoms with Gasteiger partial charge in [0.1, 0.15) is 0 Å². The summed E-state index contributed by atoms with van der Waals surface area (Å²) < 4.78 is 1.91. The maximum absolute atomic E-state index is 5.76. The van der Waals surface area contributed by atoms with Crippen LogP contribution in [0.1, 0.15) is 5.69 Å². The Morgan fingerprint density at radius 2 is 2.06 bits per heavy atom. The second kappa shape index (κ2) is 3.59. The Labute approximate surface area is 98.8 Å². The van der Waals surface area contributed by atoms with Crippen molar-refractivity contribution in [2.24, 2.45) is 0 Å². The van der Waals surface area contributed by atoms with Gasteiger partial charge in [0, 0.05) is 29.3 Å². The summed E-state index contributed by atoms with van der Waals surface area (Å²) in [5.74, 6) is 0.711. The largest absolute Gasteiger partial charge is 0.399 e. The highest BCUT2D eigenvalue weighted by Crippen LogP contribution is 2.20. The van der Waals surface area contributed by atoms with Crippen LogP contribution in [-0.4, -0.2) is 14.4 Å². The fourth-order valence-corrected chi connectivity index (χ4v) is 1.80. The average Bonchev–Trinajstić information content (AvgIpc) is 2.72. The molecule has 0 fully saturated rings. The van der Waals surface area contributed by atoms with Crippen molar-refractivity contribution in [3.8, 4) is 11.3 Å². The predicted molar refractivity (Wildman–Crippen MR) is 67.6 cm³/mol. The Hall–Kier alpha value is -2.36. The third-order valence-corrected chi connectivity index (χ3v) is 2.65. The lowest BCUT2D eigenvalue weighted by molar-refractivity contribution is 1.07. The highest BCUT2D eigenvalue weighted by atomic mass is 15.1. The maximum atomic E-state index is 5.76. The molecule has 0 saturated carbocycles. The summed E-state index contributed by atoms with van der Waals surface area (Å²) in [4.78, 5) is 8.85. The number of anilines is 1. The number of benzene rings is 1. The van der Waals surface area contributed by atoms with Gasteiger partial charge in [-0.1, -0.05) is 12.1 Å². The van der Waals surface area contributed by atoms with Gasteiger partial charge in [0.2, 0.25) is 5.78 Å². The predicted octanol–water partition coefficient (Wildman–Crippen LogP) is 2.29. The van der Waals surface area contributed by atoms with E-state index in [9.17, 15) is 0 Å². The van der Waals surface area contributed by atoms with Gasteiger partial charge in [0.15, 0.2) is 0 Å². The van der Waals surface area contributed by atoms with Crippen molar-refractivity contribution in [1.82, 2.24) is 14.4 Å². The minimum absolute atomic E-state index is 0.711. The van der Waals surface area contributed by atoms with Gasteiger partial charge in [0.25, 0.3) is 0 Å². The van der Waals surface area contributed by atoms with Gasteiger partial charge in [0.05, 0.1) is 5.69 Å². The molecule has 1 aromatic carbocycles. The Morgan fingerprint density at radius 1 is 1.18 bits per heavy atom. The quantitative estimate of drug-likeness (QED) is 0.645. The van der Waals surface area contributed by atoms with Crippen LogP contribution in [0.4, 0.5) is 5.69 Å². The molecule has 4 nitrogen and oxygen atoms in total. The normalized spacial score (nSPS) is 10.9. The summed E-state index contributed by atoms with van der Waals surface area (Å²) in [5.41, 5.74) is 9.36. The van der Waals surface area contributed by atoms with Crippen LogP contribution in [0.3, 0.4) is 0 Å². The molecule has 2 N–H and O–H groups in total. The van der Waals surface area contributed by atoms with Crippen molar-refractivity contribution in [3.63, 3.8) is 0 Å². The number of rotatable bonds is 1. The fourth-order valence-electron chi connectivity index (χ4n) is 1.80. The van der Waals surface area contributed by atoms with Crippen LogP contribution in [0.15, 0.2) is 42.7 Å². The van der Waals surface area contributed by atoms with E-state index in [1.807, 2.05) is 54.0 Å². The fraction of sp³-hybridized carbons (Fsp3) is 0.0769. The summed E-state index contributed by atoms with van der Waals surface area (Å²) in [5, 5.41) is 0. The first-order chi connectivity index (χ1) is 8.22. The van der Waals surface area contributed by atoms with E-state index in [1.165, 1.54) is 0 Å². The van der Waals surface area contributed by atoms with Gasteiger partial charge in [-0.05, 0) is 25.1 Å². The maximum Gasteiger partial charge on any atom is 0.234 e. The number of hydrogen-bond donors (Lipinski definition) is 1. The summed E-state index contributed by atoms with van der Waals surface area (Å²) in [6.45, 7) is 1.95. The lowest BCUT2D eigenvalue weighted by Crippen LogP contribution is -1.88. The zero-order valence-corrected chi connectivity index (χ0v) is 9.46. The molecule has 0 aliphatic rings. The molecule has 0 saturated heterocycles. The SMILES string of the molecule is Cc1ccn2cc(-c3cccc(N)c3)nc2n1. The first-order valence-electron chi connectivity index (χ1n) is 5.41. The van der Waals surface area contributed by atoms with E-state index in [1.54, 1.807) is 0 Å². The van der Waals surface area contributed by atoms with E-state index in [2.05, 4.69) is 9.97 Å². The number of imidazole rings is 1. The van der Waals surface area contributed by atoms with E-state index < -0.39 is 0 Å². The summed E-state index contributed by atoms with van der Waals surface area (Å²) in [6, 6.07) is 9.65. The van der Waals surface area contributed by atoms with Gasteiger partial charge < -0.3 is 5.73 Å². The summed E-state index contributed by atoms with van der Waals surface area (Å²) in [7, 11) is 0. The van der Waals surface area contributed by atoms with E-state index >= 15 is 0 Å². The minimum Gasteiger partial charge on any atom is -0.399 e. The number of hydrogen-bond acceptors (Lipinski definition) is 3. The summed E-state index contributed by atoms with van der Waals surface area (Å²) >= 11 is 0. The van der Waals surface area contributed by atoms with E-state index in [-0.39, 0.29) is 0 Å². The summed E-state index contributed by atoms with van der Waals surface area (Å²) in [6.07, 6.45) is 3.91. The molecule has 3 rings (SSSR count). The van der Waals surface area contributed by atoms with Crippen molar-refractivity contribution < 1.29 is 0 Å². The molecule has 0 atom stereocenters. The highest BCUT2D eigenvalue weighted by Gasteiger charge is 2.05. The van der Waals surface area contributed by atoms with Crippen LogP contribution < -0.4 is 5.73 Å². The second-order valence-electron chi connectivity index (χ2n) is 4.03. The lowest BCUT2D eigenvalue weighted by Gasteiger charge is -1.96. The number of nitrogens with zero attached hydrogens (tertiary/aromatic N) is 3. The van der Waals surface area contributed by atoms with Crippen LogP contribution in [0.2, 0.25) is 0 Å². The van der Waals surface area contributed by atoms with Crippen LogP contribution in [0.25, 0.3) is 17.0 Å². The van der Waals surface area contributed by atoms with Gasteiger partial charge in [-0.25, -0.2) is 9.97 Å². The molecule has 17 heavy (non-hydrogen) atoms. The second-order valence-corrected chi connectivity index (χ2v) is 4.03. The molecule has 4 heteroatoms. The monoisotopic (exact) mass is 224 g/mol. The molecular formula is C13H12N4. The number of nitrogen functional groups attached to an aromatic ring is 1. The molecule has 0 aliphatic carbocycles. The third-order valence-electron chi connectivity index (χ3n) is 2.65. The molecule has 3 aromatic rings. The first-order valence-corrected chi connectivity index (χ1v) is 5.41. The number of aryl methyl sites for hydroxylation is 1. The van der Waals surface area contributed by atoms with Crippen LogP contribution in [-0.2, 0) is 0 Å². The Morgan fingerprint density at radius 3 is 2.88 bits per heavy atom. The van der Waals surface area contributed by atoms with Crippen LogP contribution >= 0.6 is 0 Å². The van der Waals surface area contributed by atoms with Crippen molar-refractivity contribution in [3.05, 3.63) is 48.4 Å². The number of aromatic nitrogens is 3.